The maximum absolute atomic E-state index is 13.2. The van der Waals surface area contributed by atoms with Crippen LogP contribution < -0.4 is 0 Å². The first-order chi connectivity index (χ1) is 17.8. The number of aromatic nitrogens is 2. The van der Waals surface area contributed by atoms with Crippen molar-refractivity contribution >= 4 is 34.3 Å². The molecule has 5 aromatic rings. The molecule has 2 aromatic heterocycles. The first-order valence-electron chi connectivity index (χ1n) is 11.9. The molecule has 0 aliphatic rings. The molecule has 0 bridgehead atoms. The van der Waals surface area contributed by atoms with Gasteiger partial charge < -0.3 is 9.30 Å². The normalized spacial score (nSPS) is 11.0. The standard InChI is InChI=1S/C31H25ClN2O3/c1-19-4-15-28-26(16-19)27(31(36)37-18-30(35)23-7-11-24(32)12-8-23)17-29(33-28)22-9-13-25(14-10-22)34-20(2)5-6-21(34)3/h4-17H,18H2,1-3H3. The highest BCUT2D eigenvalue weighted by Crippen LogP contribution is 2.28. The van der Waals surface area contributed by atoms with Gasteiger partial charge in [-0.2, -0.15) is 0 Å². The van der Waals surface area contributed by atoms with Crippen molar-refractivity contribution in [1.82, 2.24) is 9.55 Å². The summed E-state index contributed by atoms with van der Waals surface area (Å²) in [6.45, 7) is 5.74. The van der Waals surface area contributed by atoms with Gasteiger partial charge in [0, 0.05) is 38.6 Å². The number of pyridine rings is 1. The van der Waals surface area contributed by atoms with Crippen LogP contribution >= 0.6 is 11.6 Å². The summed E-state index contributed by atoms with van der Waals surface area (Å²) in [7, 11) is 0. The molecule has 5 nitrogen and oxygen atoms in total. The average Bonchev–Trinajstić information content (AvgIpc) is 3.24. The number of hydrogen-bond acceptors (Lipinski definition) is 4. The van der Waals surface area contributed by atoms with Crippen LogP contribution in [-0.4, -0.2) is 27.9 Å². The van der Waals surface area contributed by atoms with Gasteiger partial charge in [0.05, 0.1) is 16.8 Å². The Labute approximate surface area is 220 Å². The van der Waals surface area contributed by atoms with Crippen LogP contribution in [0.2, 0.25) is 5.02 Å². The summed E-state index contributed by atoms with van der Waals surface area (Å²) in [5.74, 6) is -0.872. The second-order valence-corrected chi connectivity index (χ2v) is 9.52. The number of ketones is 1. The number of ether oxygens (including phenoxy) is 1. The van der Waals surface area contributed by atoms with Crippen molar-refractivity contribution in [3.63, 3.8) is 0 Å². The zero-order valence-corrected chi connectivity index (χ0v) is 21.5. The number of benzene rings is 3. The fourth-order valence-corrected chi connectivity index (χ4v) is 4.57. The molecule has 0 radical (unpaired) electrons. The van der Waals surface area contributed by atoms with Gasteiger partial charge in [0.2, 0.25) is 0 Å². The molecular weight excluding hydrogens is 484 g/mol. The summed E-state index contributed by atoms with van der Waals surface area (Å²) in [5.41, 5.74) is 7.37. The van der Waals surface area contributed by atoms with Crippen LogP contribution in [0.5, 0.6) is 0 Å². The Morgan fingerprint density at radius 3 is 2.19 bits per heavy atom. The molecule has 3 aromatic carbocycles. The van der Waals surface area contributed by atoms with E-state index in [1.165, 1.54) is 0 Å². The molecule has 5 rings (SSSR count). The molecule has 0 spiro atoms. The van der Waals surface area contributed by atoms with E-state index >= 15 is 0 Å². The smallest absolute Gasteiger partial charge is 0.339 e. The van der Waals surface area contributed by atoms with Crippen LogP contribution in [0.25, 0.3) is 27.8 Å². The summed E-state index contributed by atoms with van der Waals surface area (Å²) >= 11 is 5.90. The van der Waals surface area contributed by atoms with Crippen molar-refractivity contribution in [3.8, 4) is 16.9 Å². The van der Waals surface area contributed by atoms with Gasteiger partial charge in [-0.15, -0.1) is 0 Å². The molecule has 0 saturated heterocycles. The highest BCUT2D eigenvalue weighted by molar-refractivity contribution is 6.30. The summed E-state index contributed by atoms with van der Waals surface area (Å²) in [5, 5.41) is 1.22. The monoisotopic (exact) mass is 508 g/mol. The predicted octanol–water partition coefficient (Wildman–Crippen LogP) is 7.31. The van der Waals surface area contributed by atoms with E-state index in [1.807, 2.05) is 49.4 Å². The number of Topliss-reactive ketones (excluding diaryl/α,β-unsaturated/α-hetero) is 1. The highest BCUT2D eigenvalue weighted by Gasteiger charge is 2.18. The van der Waals surface area contributed by atoms with Gasteiger partial charge in [-0.1, -0.05) is 35.4 Å². The molecule has 0 atom stereocenters. The van der Waals surface area contributed by atoms with E-state index in [0.717, 1.165) is 28.2 Å². The number of nitrogens with zero attached hydrogens (tertiary/aromatic N) is 2. The molecule has 0 aliphatic carbocycles. The van der Waals surface area contributed by atoms with Gasteiger partial charge in [-0.3, -0.25) is 4.79 Å². The molecule has 0 unspecified atom stereocenters. The number of halogens is 1. The minimum Gasteiger partial charge on any atom is -0.454 e. The molecule has 184 valence electrons. The van der Waals surface area contributed by atoms with Crippen LogP contribution in [0.15, 0.2) is 84.9 Å². The quantitative estimate of drug-likeness (QED) is 0.178. The third-order valence-electron chi connectivity index (χ3n) is 6.38. The number of hydrogen-bond donors (Lipinski definition) is 0. The third kappa shape index (κ3) is 5.04. The van der Waals surface area contributed by atoms with Crippen LogP contribution in [-0.2, 0) is 4.74 Å². The van der Waals surface area contributed by atoms with Crippen molar-refractivity contribution in [2.45, 2.75) is 20.8 Å². The molecule has 0 saturated carbocycles. The van der Waals surface area contributed by atoms with Crippen molar-refractivity contribution < 1.29 is 14.3 Å². The molecule has 0 N–H and O–H groups in total. The minimum absolute atomic E-state index is 0.300. The van der Waals surface area contributed by atoms with Crippen molar-refractivity contribution in [2.24, 2.45) is 0 Å². The maximum Gasteiger partial charge on any atom is 0.339 e. The Morgan fingerprint density at radius 1 is 0.838 bits per heavy atom. The summed E-state index contributed by atoms with van der Waals surface area (Å²) < 4.78 is 7.64. The largest absolute Gasteiger partial charge is 0.454 e. The predicted molar refractivity (Wildman–Crippen MR) is 147 cm³/mol. The molecule has 0 fully saturated rings. The van der Waals surface area contributed by atoms with Gasteiger partial charge in [-0.25, -0.2) is 9.78 Å². The molecule has 37 heavy (non-hydrogen) atoms. The lowest BCUT2D eigenvalue weighted by Gasteiger charge is -2.12. The lowest BCUT2D eigenvalue weighted by molar-refractivity contribution is 0.0476. The first-order valence-corrected chi connectivity index (χ1v) is 12.3. The molecule has 0 amide bonds. The van der Waals surface area contributed by atoms with Gasteiger partial charge in [0.15, 0.2) is 12.4 Å². The number of esters is 1. The molecular formula is C31H25ClN2O3. The summed E-state index contributed by atoms with van der Waals surface area (Å²) in [4.78, 5) is 30.6. The van der Waals surface area contributed by atoms with Crippen LogP contribution in [0.1, 0.15) is 37.7 Å². The van der Waals surface area contributed by atoms with E-state index in [2.05, 4.69) is 30.5 Å². The lowest BCUT2D eigenvalue weighted by Crippen LogP contribution is -2.15. The minimum atomic E-state index is -0.572. The Morgan fingerprint density at radius 2 is 1.51 bits per heavy atom. The Kier molecular flexibility index (Phi) is 6.64. The van der Waals surface area contributed by atoms with E-state index in [4.69, 9.17) is 21.3 Å². The summed E-state index contributed by atoms with van der Waals surface area (Å²) in [6, 6.07) is 26.2. The van der Waals surface area contributed by atoms with Crippen molar-refractivity contribution in [3.05, 3.63) is 118 Å². The number of carbonyl (C=O) groups excluding carboxylic acids is 2. The molecule has 0 aliphatic heterocycles. The summed E-state index contributed by atoms with van der Waals surface area (Å²) in [6.07, 6.45) is 0. The van der Waals surface area contributed by atoms with Crippen LogP contribution in [0, 0.1) is 20.8 Å². The fraction of sp³-hybridized carbons (Fsp3) is 0.129. The van der Waals surface area contributed by atoms with Gasteiger partial charge in [0.25, 0.3) is 0 Å². The molecule has 6 heteroatoms. The Balaban J connectivity index is 1.46. The Bertz CT molecular complexity index is 1610. The molecule has 2 heterocycles. The third-order valence-corrected chi connectivity index (χ3v) is 6.63. The number of aryl methyl sites for hydroxylation is 3. The van der Waals surface area contributed by atoms with E-state index in [9.17, 15) is 9.59 Å². The van der Waals surface area contributed by atoms with Crippen LogP contribution in [0.3, 0.4) is 0 Å². The number of carbonyl (C=O) groups is 2. The number of rotatable bonds is 6. The average molecular weight is 509 g/mol. The second kappa shape index (κ2) is 10.0. The van der Waals surface area contributed by atoms with Gasteiger partial charge in [-0.05, 0) is 87.5 Å². The zero-order chi connectivity index (χ0) is 26.1. The first kappa shape index (κ1) is 24.5. The van der Waals surface area contributed by atoms with Gasteiger partial charge in [0.1, 0.15) is 0 Å². The van der Waals surface area contributed by atoms with E-state index in [-0.39, 0.29) is 12.4 Å². The van der Waals surface area contributed by atoms with Gasteiger partial charge >= 0.3 is 5.97 Å². The van der Waals surface area contributed by atoms with E-state index in [0.29, 0.717) is 32.7 Å². The zero-order valence-electron chi connectivity index (χ0n) is 20.8. The van der Waals surface area contributed by atoms with Crippen molar-refractivity contribution in [2.75, 3.05) is 6.61 Å². The van der Waals surface area contributed by atoms with Crippen molar-refractivity contribution in [1.29, 1.82) is 0 Å². The topological polar surface area (TPSA) is 61.2 Å². The van der Waals surface area contributed by atoms with E-state index < -0.39 is 5.97 Å². The highest BCUT2D eigenvalue weighted by atomic mass is 35.5. The van der Waals surface area contributed by atoms with Crippen LogP contribution in [0.4, 0.5) is 0 Å². The maximum atomic E-state index is 13.2. The number of fused-ring (bicyclic) bond motifs is 1. The Hall–Kier alpha value is -4.22. The second-order valence-electron chi connectivity index (χ2n) is 9.08. The SMILES string of the molecule is Cc1ccc2nc(-c3ccc(-n4c(C)ccc4C)cc3)cc(C(=O)OCC(=O)c3ccc(Cl)cc3)c2c1. The lowest BCUT2D eigenvalue weighted by atomic mass is 10.0. The van der Waals surface area contributed by atoms with E-state index in [1.54, 1.807) is 30.3 Å². The fourth-order valence-electron chi connectivity index (χ4n) is 4.44.